The molecule has 11 heteroatoms. The average Bonchev–Trinajstić information content (AvgIpc) is 3.30. The highest BCUT2D eigenvalue weighted by atomic mass is 32.2. The molecule has 2 N–H and O–H groups in total. The van der Waals surface area contributed by atoms with Gasteiger partial charge in [-0.15, -0.1) is 0 Å². The van der Waals surface area contributed by atoms with Gasteiger partial charge in [-0.1, -0.05) is 6.07 Å². The summed E-state index contributed by atoms with van der Waals surface area (Å²) < 4.78 is 35.0. The monoisotopic (exact) mass is 413 g/mol. The zero-order valence-corrected chi connectivity index (χ0v) is 15.7. The highest BCUT2D eigenvalue weighted by Gasteiger charge is 2.28. The summed E-state index contributed by atoms with van der Waals surface area (Å²) in [6.07, 6.45) is 2.99. The fraction of sp³-hybridized carbons (Fsp3) is 0.111. The second-order valence-electron chi connectivity index (χ2n) is 6.13. The van der Waals surface area contributed by atoms with Gasteiger partial charge in [0.05, 0.1) is 28.3 Å². The largest absolute Gasteiger partial charge is 0.492 e. The molecule has 1 aromatic heterocycles. The van der Waals surface area contributed by atoms with Crippen molar-refractivity contribution in [2.45, 2.75) is 11.4 Å². The molecule has 3 aromatic rings. The van der Waals surface area contributed by atoms with E-state index in [9.17, 15) is 18.0 Å². The molecule has 29 heavy (non-hydrogen) atoms. The van der Waals surface area contributed by atoms with Crippen molar-refractivity contribution in [3.63, 3.8) is 0 Å². The minimum absolute atomic E-state index is 0.0306. The van der Waals surface area contributed by atoms with E-state index in [1.807, 2.05) is 0 Å². The normalized spacial score (nSPS) is 13.1. The number of carbonyl (C=O) groups is 2. The predicted octanol–water partition coefficient (Wildman–Crippen LogP) is 1.04. The number of sulfonamides is 1. The number of ether oxygens (including phenoxy) is 1. The van der Waals surface area contributed by atoms with Gasteiger partial charge >= 0.3 is 0 Å². The fourth-order valence-electron chi connectivity index (χ4n) is 2.78. The summed E-state index contributed by atoms with van der Waals surface area (Å²) in [6.45, 7) is 0.819. The highest BCUT2D eigenvalue weighted by Crippen LogP contribution is 2.24. The van der Waals surface area contributed by atoms with Gasteiger partial charge in [0, 0.05) is 6.07 Å². The zero-order chi connectivity index (χ0) is 20.4. The molecular formula is C18H15N5O5S. The molecule has 4 rings (SSSR count). The van der Waals surface area contributed by atoms with E-state index in [1.54, 1.807) is 35.3 Å². The number of amides is 2. The molecule has 0 saturated carbocycles. The number of aromatic nitrogens is 3. The second kappa shape index (κ2) is 7.36. The van der Waals surface area contributed by atoms with E-state index in [0.29, 0.717) is 24.6 Å². The van der Waals surface area contributed by atoms with Crippen LogP contribution >= 0.6 is 0 Å². The maximum Gasteiger partial charge on any atom is 0.261 e. The van der Waals surface area contributed by atoms with Gasteiger partial charge < -0.3 is 4.74 Å². The molecule has 0 atom stereocenters. The number of benzene rings is 2. The van der Waals surface area contributed by atoms with Gasteiger partial charge in [-0.2, -0.15) is 5.10 Å². The molecule has 0 radical (unpaired) electrons. The lowest BCUT2D eigenvalue weighted by Crippen LogP contribution is -2.19. The molecule has 2 heterocycles. The quantitative estimate of drug-likeness (QED) is 0.553. The van der Waals surface area contributed by atoms with E-state index >= 15 is 0 Å². The van der Waals surface area contributed by atoms with Gasteiger partial charge in [0.2, 0.25) is 0 Å². The molecule has 2 aromatic carbocycles. The molecule has 1 aliphatic heterocycles. The Labute approximate surface area is 165 Å². The number of carbonyl (C=O) groups excluding carboxylic acids is 2. The summed E-state index contributed by atoms with van der Waals surface area (Å²) in [7, 11) is -3.97. The van der Waals surface area contributed by atoms with Crippen molar-refractivity contribution in [1.82, 2.24) is 20.1 Å². The Bertz CT molecular complexity index is 1190. The van der Waals surface area contributed by atoms with Crippen LogP contribution in [-0.4, -0.2) is 41.6 Å². The van der Waals surface area contributed by atoms with Crippen LogP contribution in [0.15, 0.2) is 60.0 Å². The number of rotatable bonds is 7. The molecule has 1 aliphatic rings. The van der Waals surface area contributed by atoms with Gasteiger partial charge in [0.25, 0.3) is 21.8 Å². The van der Waals surface area contributed by atoms with Crippen molar-refractivity contribution < 1.29 is 22.7 Å². The summed E-state index contributed by atoms with van der Waals surface area (Å²) >= 11 is 0. The van der Waals surface area contributed by atoms with Crippen molar-refractivity contribution in [1.29, 1.82) is 0 Å². The third-order valence-electron chi connectivity index (χ3n) is 4.16. The number of fused-ring (bicyclic) bond motifs is 1. The molecule has 0 spiro atoms. The minimum Gasteiger partial charge on any atom is -0.492 e. The molecule has 0 aliphatic carbocycles. The second-order valence-corrected chi connectivity index (χ2v) is 7.81. The van der Waals surface area contributed by atoms with Crippen LogP contribution < -0.4 is 14.8 Å². The Morgan fingerprint density at radius 1 is 1.07 bits per heavy atom. The van der Waals surface area contributed by atoms with E-state index in [4.69, 9.17) is 4.74 Å². The maximum atomic E-state index is 12.7. The maximum absolute atomic E-state index is 12.7. The standard InChI is InChI=1S/C18H15N5O5S/c24-17-15-5-4-14(9-16(15)18(25)21-17)29(26,27)22-12-2-1-3-13(8-12)28-7-6-23-11-19-10-20-23/h1-5,8-11,22H,6-7H2,(H,21,24,25). The minimum atomic E-state index is -3.97. The predicted molar refractivity (Wildman–Crippen MR) is 101 cm³/mol. The Balaban J connectivity index is 1.48. The molecular weight excluding hydrogens is 398 g/mol. The summed E-state index contributed by atoms with van der Waals surface area (Å²) in [5.74, 6) is -0.688. The third-order valence-corrected chi connectivity index (χ3v) is 5.54. The lowest BCUT2D eigenvalue weighted by molar-refractivity contribution is 0.0879. The van der Waals surface area contributed by atoms with Crippen molar-refractivity contribution in [3.8, 4) is 5.75 Å². The number of hydrogen-bond acceptors (Lipinski definition) is 7. The molecule has 0 saturated heterocycles. The van der Waals surface area contributed by atoms with Crippen molar-refractivity contribution in [2.75, 3.05) is 11.3 Å². The zero-order valence-electron chi connectivity index (χ0n) is 14.9. The van der Waals surface area contributed by atoms with Gasteiger partial charge in [0.1, 0.15) is 25.0 Å². The van der Waals surface area contributed by atoms with Crippen LogP contribution in [0.1, 0.15) is 20.7 Å². The average molecular weight is 413 g/mol. The number of imide groups is 1. The van der Waals surface area contributed by atoms with E-state index in [0.717, 1.165) is 0 Å². The molecule has 0 unspecified atom stereocenters. The first-order valence-electron chi connectivity index (χ1n) is 8.50. The molecule has 10 nitrogen and oxygen atoms in total. The summed E-state index contributed by atoms with van der Waals surface area (Å²) in [5, 5.41) is 6.09. The van der Waals surface area contributed by atoms with Gasteiger partial charge in [-0.3, -0.25) is 19.6 Å². The van der Waals surface area contributed by atoms with Crippen LogP contribution in [0, 0.1) is 0 Å². The van der Waals surface area contributed by atoms with Crippen LogP contribution in [0.5, 0.6) is 5.75 Å². The van der Waals surface area contributed by atoms with Gasteiger partial charge in [0.15, 0.2) is 0 Å². The van der Waals surface area contributed by atoms with Crippen molar-refractivity contribution in [3.05, 3.63) is 66.2 Å². The first kappa shape index (κ1) is 18.6. The SMILES string of the molecule is O=C1NC(=O)c2cc(S(=O)(=O)Nc3cccc(OCCn4cncn4)c3)ccc21. The number of nitrogens with zero attached hydrogens (tertiary/aromatic N) is 3. The smallest absolute Gasteiger partial charge is 0.261 e. The Hall–Kier alpha value is -3.73. The van der Waals surface area contributed by atoms with E-state index in [-0.39, 0.29) is 16.0 Å². The summed E-state index contributed by atoms with van der Waals surface area (Å²) in [6, 6.07) is 10.2. The Kier molecular flexibility index (Phi) is 4.72. The van der Waals surface area contributed by atoms with E-state index in [1.165, 1.54) is 24.5 Å². The van der Waals surface area contributed by atoms with E-state index in [2.05, 4.69) is 20.1 Å². The first-order valence-corrected chi connectivity index (χ1v) is 9.98. The number of nitrogens with one attached hydrogen (secondary N) is 2. The number of hydrogen-bond donors (Lipinski definition) is 2. The summed E-state index contributed by atoms with van der Waals surface area (Å²) in [4.78, 5) is 27.1. The molecule has 0 bridgehead atoms. The lowest BCUT2D eigenvalue weighted by atomic mass is 10.1. The Morgan fingerprint density at radius 2 is 1.90 bits per heavy atom. The Morgan fingerprint density at radius 3 is 2.69 bits per heavy atom. The van der Waals surface area contributed by atoms with Crippen LogP contribution in [-0.2, 0) is 16.6 Å². The topological polar surface area (TPSA) is 132 Å². The fourth-order valence-corrected chi connectivity index (χ4v) is 3.86. The van der Waals surface area contributed by atoms with Crippen molar-refractivity contribution in [2.24, 2.45) is 0 Å². The molecule has 0 fully saturated rings. The first-order chi connectivity index (χ1) is 13.9. The molecule has 2 amide bonds. The van der Waals surface area contributed by atoms with Crippen LogP contribution in [0.4, 0.5) is 5.69 Å². The summed E-state index contributed by atoms with van der Waals surface area (Å²) in [5.41, 5.74) is 0.476. The molecule has 148 valence electrons. The van der Waals surface area contributed by atoms with Crippen LogP contribution in [0.3, 0.4) is 0 Å². The lowest BCUT2D eigenvalue weighted by Gasteiger charge is -2.11. The van der Waals surface area contributed by atoms with Crippen molar-refractivity contribution >= 4 is 27.5 Å². The number of anilines is 1. The van der Waals surface area contributed by atoms with Gasteiger partial charge in [-0.05, 0) is 30.3 Å². The van der Waals surface area contributed by atoms with Crippen LogP contribution in [0.25, 0.3) is 0 Å². The third kappa shape index (κ3) is 3.94. The van der Waals surface area contributed by atoms with Gasteiger partial charge in [-0.25, -0.2) is 18.1 Å². The van der Waals surface area contributed by atoms with E-state index < -0.39 is 21.8 Å². The van der Waals surface area contributed by atoms with Crippen LogP contribution in [0.2, 0.25) is 0 Å². The highest BCUT2D eigenvalue weighted by molar-refractivity contribution is 7.92.